The third-order valence-corrected chi connectivity index (χ3v) is 10.3. The molecule has 1 heterocycles. The standard InChI is InChI=1S/C36H44ClN3O9S/c37-28-9-8-24(50-17-3-15-40(16-11-31(38)43)35(47)34(46)33(45)32(44)29(42)20-41)18-22(28)21-48-36(12-13-36)27-19-39-14-10-25(27)26-4-1-2-5-30(26)49-23-6-7-23/h1-2,4-5,8-10,14,18-19,23,29,32-34,41-42,44-46H,3,6-7,11-13,15-17,20-21H2,(H2,38,43)/t29-,32+,33-,34-/m0/s1. The van der Waals surface area contributed by atoms with Crippen molar-refractivity contribution >= 4 is 35.2 Å². The number of pyridine rings is 1. The molecule has 3 aromatic rings. The van der Waals surface area contributed by atoms with E-state index in [1.165, 1.54) is 16.7 Å². The first kappa shape index (κ1) is 38.0. The maximum absolute atomic E-state index is 12.9. The van der Waals surface area contributed by atoms with Crippen LogP contribution in [0.15, 0.2) is 65.8 Å². The average molecular weight is 730 g/mol. The van der Waals surface area contributed by atoms with E-state index in [9.17, 15) is 30.0 Å². The van der Waals surface area contributed by atoms with Crippen molar-refractivity contribution in [2.24, 2.45) is 5.73 Å². The molecule has 0 spiro atoms. The Morgan fingerprint density at radius 3 is 2.50 bits per heavy atom. The Hall–Kier alpha value is -3.27. The van der Waals surface area contributed by atoms with E-state index in [1.807, 2.05) is 48.7 Å². The van der Waals surface area contributed by atoms with Gasteiger partial charge in [-0.1, -0.05) is 29.8 Å². The van der Waals surface area contributed by atoms with Gasteiger partial charge in [0.1, 0.15) is 24.1 Å². The van der Waals surface area contributed by atoms with Gasteiger partial charge in [0.2, 0.25) is 5.91 Å². The van der Waals surface area contributed by atoms with Crippen molar-refractivity contribution < 1.29 is 44.6 Å². The number of primary amides is 1. The topological polar surface area (TPSA) is 196 Å². The van der Waals surface area contributed by atoms with Gasteiger partial charge in [-0.15, -0.1) is 11.8 Å². The van der Waals surface area contributed by atoms with E-state index in [1.54, 1.807) is 6.20 Å². The number of ether oxygens (including phenoxy) is 2. The molecular formula is C36H44ClN3O9S. The Labute approximate surface area is 300 Å². The first-order valence-electron chi connectivity index (χ1n) is 16.7. The molecule has 2 aliphatic carbocycles. The minimum atomic E-state index is -2.09. The van der Waals surface area contributed by atoms with E-state index < -0.39 is 48.4 Å². The second-order valence-electron chi connectivity index (χ2n) is 12.7. The van der Waals surface area contributed by atoms with E-state index >= 15 is 0 Å². The van der Waals surface area contributed by atoms with Crippen LogP contribution < -0.4 is 10.5 Å². The van der Waals surface area contributed by atoms with Crippen LogP contribution in [0, 0.1) is 0 Å². The number of rotatable bonds is 20. The van der Waals surface area contributed by atoms with Crippen LogP contribution in [-0.2, 0) is 26.5 Å². The van der Waals surface area contributed by atoms with Crippen LogP contribution in [0.3, 0.4) is 0 Å². The van der Waals surface area contributed by atoms with Gasteiger partial charge in [-0.05, 0) is 79.3 Å². The number of aromatic nitrogens is 1. The normalized spacial score (nSPS) is 17.4. The van der Waals surface area contributed by atoms with Crippen molar-refractivity contribution in [2.75, 3.05) is 25.4 Å². The number of carbonyl (C=O) groups is 2. The molecular weight excluding hydrogens is 686 g/mol. The highest BCUT2D eigenvalue weighted by Crippen LogP contribution is 2.53. The van der Waals surface area contributed by atoms with Crippen LogP contribution >= 0.6 is 23.4 Å². The summed E-state index contributed by atoms with van der Waals surface area (Å²) in [5.41, 5.74) is 8.66. The SMILES string of the molecule is NC(=O)CCN(CCCSc1ccc(Cl)c(COC2(c3cnccc3-c3ccccc3OC3CC3)CC2)c1)C(=O)[C@@H](O)[C@@H](O)[C@H](O)[C@@H](O)CO. The second kappa shape index (κ2) is 17.3. The van der Waals surface area contributed by atoms with Gasteiger partial charge in [-0.2, -0.15) is 0 Å². The fourth-order valence-electron chi connectivity index (χ4n) is 5.60. The number of hydrogen-bond acceptors (Lipinski definition) is 11. The molecule has 4 atom stereocenters. The summed E-state index contributed by atoms with van der Waals surface area (Å²) in [5.74, 6) is -0.183. The molecule has 7 N–H and O–H groups in total. The lowest BCUT2D eigenvalue weighted by Gasteiger charge is -2.29. The van der Waals surface area contributed by atoms with Gasteiger partial charge in [-0.25, -0.2) is 0 Å². The zero-order valence-corrected chi connectivity index (χ0v) is 29.1. The largest absolute Gasteiger partial charge is 0.490 e. The van der Waals surface area contributed by atoms with Crippen molar-refractivity contribution in [3.63, 3.8) is 0 Å². The fourth-order valence-corrected chi connectivity index (χ4v) is 6.67. The summed E-state index contributed by atoms with van der Waals surface area (Å²) < 4.78 is 12.8. The van der Waals surface area contributed by atoms with E-state index in [4.69, 9.17) is 31.9 Å². The summed E-state index contributed by atoms with van der Waals surface area (Å²) in [5, 5.41) is 49.7. The van der Waals surface area contributed by atoms with E-state index in [0.717, 1.165) is 58.6 Å². The maximum Gasteiger partial charge on any atom is 0.254 e. The maximum atomic E-state index is 12.9. The highest BCUT2D eigenvalue weighted by Gasteiger charge is 2.48. The lowest BCUT2D eigenvalue weighted by Crippen LogP contribution is -2.53. The molecule has 5 rings (SSSR count). The van der Waals surface area contributed by atoms with Crippen molar-refractivity contribution in [3.05, 3.63) is 77.1 Å². The Morgan fingerprint density at radius 1 is 1.04 bits per heavy atom. The Bertz CT molecular complexity index is 1620. The molecule has 0 saturated heterocycles. The number of aliphatic hydroxyl groups is 5. The smallest absolute Gasteiger partial charge is 0.254 e. The third kappa shape index (κ3) is 9.74. The highest BCUT2D eigenvalue weighted by molar-refractivity contribution is 7.99. The van der Waals surface area contributed by atoms with Gasteiger partial charge in [0, 0.05) is 52.9 Å². The fraction of sp³-hybridized carbons (Fsp3) is 0.472. The third-order valence-electron chi connectivity index (χ3n) is 8.82. The predicted molar refractivity (Wildman–Crippen MR) is 187 cm³/mol. The molecule has 2 saturated carbocycles. The van der Waals surface area contributed by atoms with E-state index in [2.05, 4.69) is 11.1 Å². The van der Waals surface area contributed by atoms with Crippen LogP contribution in [0.1, 0.15) is 49.7 Å². The zero-order valence-electron chi connectivity index (χ0n) is 27.6. The van der Waals surface area contributed by atoms with Crippen molar-refractivity contribution in [3.8, 4) is 16.9 Å². The molecule has 2 amide bonds. The van der Waals surface area contributed by atoms with Crippen molar-refractivity contribution in [1.29, 1.82) is 0 Å². The summed E-state index contributed by atoms with van der Waals surface area (Å²) in [7, 11) is 0. The summed E-state index contributed by atoms with van der Waals surface area (Å²) >= 11 is 8.13. The first-order valence-corrected chi connectivity index (χ1v) is 18.1. The zero-order chi connectivity index (χ0) is 35.8. The second-order valence-corrected chi connectivity index (χ2v) is 14.3. The molecule has 0 unspecified atom stereocenters. The number of nitrogens with two attached hydrogens (primary N) is 1. The monoisotopic (exact) mass is 729 g/mol. The lowest BCUT2D eigenvalue weighted by atomic mass is 9.96. The first-order chi connectivity index (χ1) is 24.0. The molecule has 2 aromatic carbocycles. The van der Waals surface area contributed by atoms with E-state index in [-0.39, 0.29) is 32.2 Å². The number of nitrogens with zero attached hydrogens (tertiary/aromatic N) is 2. The molecule has 0 bridgehead atoms. The van der Waals surface area contributed by atoms with E-state index in [0.29, 0.717) is 17.2 Å². The predicted octanol–water partition coefficient (Wildman–Crippen LogP) is 2.77. The van der Waals surface area contributed by atoms with Crippen LogP contribution in [-0.4, -0.2) is 103 Å². The minimum absolute atomic E-state index is 0.108. The molecule has 2 aliphatic rings. The summed E-state index contributed by atoms with van der Waals surface area (Å²) in [4.78, 5) is 30.9. The lowest BCUT2D eigenvalue weighted by molar-refractivity contribution is -0.158. The molecule has 0 aliphatic heterocycles. The molecule has 14 heteroatoms. The van der Waals surface area contributed by atoms with Crippen LogP contribution in [0.5, 0.6) is 5.75 Å². The van der Waals surface area contributed by atoms with Gasteiger partial charge >= 0.3 is 0 Å². The molecule has 1 aromatic heterocycles. The van der Waals surface area contributed by atoms with Crippen LogP contribution in [0.2, 0.25) is 5.02 Å². The van der Waals surface area contributed by atoms with Gasteiger partial charge in [0.05, 0.1) is 24.9 Å². The molecule has 50 heavy (non-hydrogen) atoms. The Kier molecular flexibility index (Phi) is 13.1. The quantitative estimate of drug-likeness (QED) is 0.0739. The summed E-state index contributed by atoms with van der Waals surface area (Å²) in [6.07, 6.45) is 0.182. The summed E-state index contributed by atoms with van der Waals surface area (Å²) in [6.45, 7) is -0.578. The van der Waals surface area contributed by atoms with Gasteiger partial charge < -0.3 is 45.6 Å². The number of halogens is 1. The molecule has 12 nitrogen and oxygen atoms in total. The van der Waals surface area contributed by atoms with Crippen LogP contribution in [0.25, 0.3) is 11.1 Å². The average Bonchev–Trinajstić information content (AvgIpc) is 4.07. The number of aliphatic hydroxyl groups excluding tert-OH is 5. The molecule has 270 valence electrons. The van der Waals surface area contributed by atoms with Crippen molar-refractivity contribution in [2.45, 2.75) is 86.1 Å². The van der Waals surface area contributed by atoms with Crippen LogP contribution in [0.4, 0.5) is 0 Å². The Balaban J connectivity index is 1.19. The Morgan fingerprint density at radius 2 is 1.80 bits per heavy atom. The number of thioether (sulfide) groups is 1. The van der Waals surface area contributed by atoms with Gasteiger partial charge in [0.25, 0.3) is 5.91 Å². The minimum Gasteiger partial charge on any atom is -0.490 e. The number of para-hydroxylation sites is 1. The number of hydrogen-bond donors (Lipinski definition) is 6. The number of benzene rings is 2. The van der Waals surface area contributed by atoms with Gasteiger partial charge in [-0.3, -0.25) is 14.6 Å². The number of carbonyl (C=O) groups excluding carboxylic acids is 2. The molecule has 2 fully saturated rings. The van der Waals surface area contributed by atoms with Gasteiger partial charge in [0.15, 0.2) is 6.10 Å². The summed E-state index contributed by atoms with van der Waals surface area (Å²) in [6, 6.07) is 15.7. The van der Waals surface area contributed by atoms with Crippen molar-refractivity contribution in [1.82, 2.24) is 9.88 Å². The molecule has 0 radical (unpaired) electrons. The number of amides is 2. The highest BCUT2D eigenvalue weighted by atomic mass is 35.5.